The Kier molecular flexibility index (Phi) is 3.18. The molecule has 2 N–H and O–H groups in total. The maximum Gasteiger partial charge on any atom is 0.198 e. The van der Waals surface area contributed by atoms with Gasteiger partial charge in [-0.05, 0) is 13.0 Å². The number of aromatic hydroxyl groups is 1. The maximum atomic E-state index is 13.2. The predicted molar refractivity (Wildman–Crippen MR) is 50.3 cm³/mol. The van der Waals surface area contributed by atoms with E-state index in [9.17, 15) is 14.6 Å². The van der Waals surface area contributed by atoms with Crippen molar-refractivity contribution in [1.29, 1.82) is 0 Å². The van der Waals surface area contributed by atoms with Crippen molar-refractivity contribution in [3.63, 3.8) is 0 Å². The van der Waals surface area contributed by atoms with Crippen LogP contribution in [0.1, 0.15) is 18.6 Å². The van der Waals surface area contributed by atoms with Gasteiger partial charge < -0.3 is 14.9 Å². The van der Waals surface area contributed by atoms with E-state index in [4.69, 9.17) is 11.6 Å². The predicted octanol–water partition coefficient (Wildman–Crippen LogP) is 2.25. The van der Waals surface area contributed by atoms with Crippen LogP contribution in [0, 0.1) is 5.82 Å². The van der Waals surface area contributed by atoms with Crippen molar-refractivity contribution in [2.45, 2.75) is 13.0 Å². The van der Waals surface area contributed by atoms with Crippen molar-refractivity contribution in [2.24, 2.45) is 0 Å². The first-order valence-corrected chi connectivity index (χ1v) is 4.29. The molecule has 0 aliphatic carbocycles. The summed E-state index contributed by atoms with van der Waals surface area (Å²) in [6.07, 6.45) is -0.943. The summed E-state index contributed by atoms with van der Waals surface area (Å²) < 4.78 is 17.8. The summed E-state index contributed by atoms with van der Waals surface area (Å²) >= 11 is 5.54. The first-order chi connectivity index (χ1) is 6.49. The molecule has 78 valence electrons. The van der Waals surface area contributed by atoms with Crippen LogP contribution in [0.3, 0.4) is 0 Å². The van der Waals surface area contributed by atoms with E-state index in [0.717, 1.165) is 0 Å². The van der Waals surface area contributed by atoms with Gasteiger partial charge in [0.2, 0.25) is 0 Å². The Hall–Kier alpha value is -1.00. The highest BCUT2D eigenvalue weighted by Gasteiger charge is 2.19. The molecule has 0 saturated heterocycles. The Morgan fingerprint density at radius 2 is 2.14 bits per heavy atom. The lowest BCUT2D eigenvalue weighted by atomic mass is 10.1. The van der Waals surface area contributed by atoms with Gasteiger partial charge in [0.05, 0.1) is 18.2 Å². The second-order valence-electron chi connectivity index (χ2n) is 2.82. The Balaban J connectivity index is 3.42. The molecule has 0 heterocycles. The lowest BCUT2D eigenvalue weighted by Gasteiger charge is -2.12. The largest absolute Gasteiger partial charge is 0.504 e. The average Bonchev–Trinajstić information content (AvgIpc) is 2.12. The molecule has 0 aliphatic rings. The van der Waals surface area contributed by atoms with Crippen LogP contribution in [0.25, 0.3) is 0 Å². The minimum atomic E-state index is -0.943. The van der Waals surface area contributed by atoms with Crippen LogP contribution in [0.15, 0.2) is 6.07 Å². The van der Waals surface area contributed by atoms with E-state index in [1.807, 2.05) is 0 Å². The van der Waals surface area contributed by atoms with Gasteiger partial charge in [0.25, 0.3) is 0 Å². The number of phenols is 1. The molecule has 1 atom stereocenters. The number of halogens is 2. The third-order valence-electron chi connectivity index (χ3n) is 1.83. The van der Waals surface area contributed by atoms with Gasteiger partial charge in [-0.3, -0.25) is 0 Å². The highest BCUT2D eigenvalue weighted by atomic mass is 35.5. The quantitative estimate of drug-likeness (QED) is 0.804. The molecular weight excluding hydrogens is 211 g/mol. The van der Waals surface area contributed by atoms with Gasteiger partial charge in [-0.25, -0.2) is 4.39 Å². The Bertz CT molecular complexity index is 352. The van der Waals surface area contributed by atoms with Crippen LogP contribution in [0.5, 0.6) is 11.5 Å². The number of benzene rings is 1. The SMILES string of the molecule is COc1c(O)c(C(C)O)cc(Cl)c1F. The van der Waals surface area contributed by atoms with E-state index in [1.54, 1.807) is 0 Å². The Morgan fingerprint density at radius 1 is 1.57 bits per heavy atom. The fourth-order valence-corrected chi connectivity index (χ4v) is 1.32. The fraction of sp³-hybridized carbons (Fsp3) is 0.333. The van der Waals surface area contributed by atoms with E-state index in [1.165, 1.54) is 20.1 Å². The summed E-state index contributed by atoms with van der Waals surface area (Å²) in [6, 6.07) is 1.17. The molecule has 0 radical (unpaired) electrons. The Labute approximate surface area is 85.7 Å². The number of hydrogen-bond donors (Lipinski definition) is 2. The molecule has 0 amide bonds. The molecule has 0 fully saturated rings. The standard InChI is InChI=1S/C9H10ClFO3/c1-4(12)5-3-6(10)7(11)9(14-2)8(5)13/h3-4,12-13H,1-2H3. The summed E-state index contributed by atoms with van der Waals surface area (Å²) in [5.74, 6) is -1.62. The summed E-state index contributed by atoms with van der Waals surface area (Å²) in [7, 11) is 1.21. The molecule has 0 aromatic heterocycles. The maximum absolute atomic E-state index is 13.2. The smallest absolute Gasteiger partial charge is 0.198 e. The lowest BCUT2D eigenvalue weighted by molar-refractivity contribution is 0.193. The molecule has 3 nitrogen and oxygen atoms in total. The van der Waals surface area contributed by atoms with Crippen LogP contribution in [0.4, 0.5) is 4.39 Å². The monoisotopic (exact) mass is 220 g/mol. The first kappa shape index (κ1) is 11.1. The Morgan fingerprint density at radius 3 is 2.57 bits per heavy atom. The van der Waals surface area contributed by atoms with Gasteiger partial charge in [0.15, 0.2) is 17.3 Å². The van der Waals surface area contributed by atoms with Crippen molar-refractivity contribution in [3.05, 3.63) is 22.5 Å². The third kappa shape index (κ3) is 1.76. The van der Waals surface area contributed by atoms with E-state index in [2.05, 4.69) is 4.74 Å². The van der Waals surface area contributed by atoms with Crippen LogP contribution < -0.4 is 4.74 Å². The molecule has 5 heteroatoms. The van der Waals surface area contributed by atoms with Gasteiger partial charge in [0, 0.05) is 5.56 Å². The molecule has 0 aliphatic heterocycles. The van der Waals surface area contributed by atoms with Crippen molar-refractivity contribution in [2.75, 3.05) is 7.11 Å². The summed E-state index contributed by atoms with van der Waals surface area (Å²) in [5.41, 5.74) is 0.133. The number of methoxy groups -OCH3 is 1. The second-order valence-corrected chi connectivity index (χ2v) is 3.23. The van der Waals surface area contributed by atoms with Crippen LogP contribution in [0.2, 0.25) is 5.02 Å². The minimum Gasteiger partial charge on any atom is -0.504 e. The lowest BCUT2D eigenvalue weighted by Crippen LogP contribution is -1.97. The summed E-state index contributed by atoms with van der Waals surface area (Å²) in [6.45, 7) is 1.43. The number of ether oxygens (including phenoxy) is 1. The molecule has 1 unspecified atom stereocenters. The normalized spacial score (nSPS) is 12.6. The second kappa shape index (κ2) is 4.02. The third-order valence-corrected chi connectivity index (χ3v) is 2.11. The van der Waals surface area contributed by atoms with E-state index in [0.29, 0.717) is 0 Å². The molecular formula is C9H10ClFO3. The van der Waals surface area contributed by atoms with Crippen molar-refractivity contribution in [3.8, 4) is 11.5 Å². The zero-order valence-electron chi connectivity index (χ0n) is 7.71. The number of phenolic OH excluding ortho intramolecular Hbond substituents is 1. The highest BCUT2D eigenvalue weighted by molar-refractivity contribution is 6.31. The van der Waals surface area contributed by atoms with E-state index >= 15 is 0 Å². The van der Waals surface area contributed by atoms with Gasteiger partial charge in [-0.15, -0.1) is 0 Å². The van der Waals surface area contributed by atoms with Gasteiger partial charge in [-0.1, -0.05) is 11.6 Å². The van der Waals surface area contributed by atoms with Crippen LogP contribution in [-0.2, 0) is 0 Å². The van der Waals surface area contributed by atoms with Crippen LogP contribution >= 0.6 is 11.6 Å². The van der Waals surface area contributed by atoms with Crippen molar-refractivity contribution in [1.82, 2.24) is 0 Å². The molecule has 1 aromatic carbocycles. The zero-order valence-corrected chi connectivity index (χ0v) is 8.47. The molecule has 0 bridgehead atoms. The minimum absolute atomic E-state index is 0.133. The van der Waals surface area contributed by atoms with Gasteiger partial charge in [-0.2, -0.15) is 0 Å². The number of rotatable bonds is 2. The van der Waals surface area contributed by atoms with E-state index < -0.39 is 17.7 Å². The molecule has 0 saturated carbocycles. The van der Waals surface area contributed by atoms with Crippen molar-refractivity contribution >= 4 is 11.6 Å². The number of aliphatic hydroxyl groups is 1. The topological polar surface area (TPSA) is 49.7 Å². The summed E-state index contributed by atoms with van der Waals surface area (Å²) in [5, 5.41) is 18.5. The zero-order chi connectivity index (χ0) is 10.9. The molecule has 0 spiro atoms. The van der Waals surface area contributed by atoms with Gasteiger partial charge in [0.1, 0.15) is 0 Å². The van der Waals surface area contributed by atoms with Crippen molar-refractivity contribution < 1.29 is 19.3 Å². The molecule has 14 heavy (non-hydrogen) atoms. The molecule has 1 rings (SSSR count). The van der Waals surface area contributed by atoms with Crippen LogP contribution in [-0.4, -0.2) is 17.3 Å². The van der Waals surface area contributed by atoms with E-state index in [-0.39, 0.29) is 16.3 Å². The number of aliphatic hydroxyl groups excluding tert-OH is 1. The fourth-order valence-electron chi connectivity index (χ4n) is 1.12. The highest BCUT2D eigenvalue weighted by Crippen LogP contribution is 2.39. The summed E-state index contributed by atoms with van der Waals surface area (Å²) in [4.78, 5) is 0. The average molecular weight is 221 g/mol. The van der Waals surface area contributed by atoms with Gasteiger partial charge >= 0.3 is 0 Å². The molecule has 1 aromatic rings. The number of hydrogen-bond acceptors (Lipinski definition) is 3. The first-order valence-electron chi connectivity index (χ1n) is 3.92.